The van der Waals surface area contributed by atoms with Gasteiger partial charge in [0.1, 0.15) is 6.04 Å². The second kappa shape index (κ2) is 10.8. The highest BCUT2D eigenvalue weighted by molar-refractivity contribution is 7.10. The molecule has 1 atom stereocenters. The van der Waals surface area contributed by atoms with Crippen LogP contribution in [0.5, 0.6) is 0 Å². The van der Waals surface area contributed by atoms with Crippen molar-refractivity contribution in [3.8, 4) is 0 Å². The molecule has 1 N–H and O–H groups in total. The average molecular weight is 461 g/mol. The van der Waals surface area contributed by atoms with Gasteiger partial charge in [0.15, 0.2) is 0 Å². The van der Waals surface area contributed by atoms with Crippen molar-refractivity contribution in [2.24, 2.45) is 0 Å². The number of thiophene rings is 1. The van der Waals surface area contributed by atoms with E-state index in [1.165, 1.54) is 6.42 Å². The van der Waals surface area contributed by atoms with Gasteiger partial charge >= 0.3 is 0 Å². The minimum Gasteiger partial charge on any atom is -0.351 e. The molecule has 1 aliphatic rings. The molecule has 0 bridgehead atoms. The van der Waals surface area contributed by atoms with E-state index < -0.39 is 6.04 Å². The molecule has 2 aromatic carbocycles. The van der Waals surface area contributed by atoms with E-state index >= 15 is 0 Å². The second-order valence-electron chi connectivity index (χ2n) is 8.96. The van der Waals surface area contributed by atoms with Gasteiger partial charge < -0.3 is 5.32 Å². The van der Waals surface area contributed by atoms with Gasteiger partial charge in [0.05, 0.1) is 6.42 Å². The van der Waals surface area contributed by atoms with Gasteiger partial charge in [-0.1, -0.05) is 61.7 Å². The van der Waals surface area contributed by atoms with E-state index in [0.29, 0.717) is 0 Å². The highest BCUT2D eigenvalue weighted by atomic mass is 32.1. The lowest BCUT2D eigenvalue weighted by Gasteiger charge is -2.34. The fourth-order valence-corrected chi connectivity index (χ4v) is 5.38. The monoisotopic (exact) mass is 460 g/mol. The first-order valence-corrected chi connectivity index (χ1v) is 12.7. The molecule has 1 heterocycles. The fourth-order valence-electron chi connectivity index (χ4n) is 4.68. The van der Waals surface area contributed by atoms with Crippen LogP contribution in [0.15, 0.2) is 66.0 Å². The van der Waals surface area contributed by atoms with Gasteiger partial charge in [-0.25, -0.2) is 0 Å². The third-order valence-corrected chi connectivity index (χ3v) is 7.27. The van der Waals surface area contributed by atoms with Crippen LogP contribution in [-0.2, 0) is 16.0 Å². The Bertz CT molecular complexity index is 1090. The molecule has 0 radical (unpaired) electrons. The minimum atomic E-state index is -0.720. The van der Waals surface area contributed by atoms with Crippen LogP contribution < -0.4 is 10.2 Å². The Labute approximate surface area is 200 Å². The standard InChI is InChI=1S/C28H32N2O2S/c1-20-10-8-14-23(18-20)30(26(31)19-24-15-9-17-33-24)27(25-16-7-6-11-21(25)2)28(32)29-22-12-4-3-5-13-22/h6-11,14-18,22,27H,3-5,12-13,19H2,1-2H3,(H,29,32). The largest absolute Gasteiger partial charge is 0.351 e. The van der Waals surface area contributed by atoms with Crippen molar-refractivity contribution in [2.75, 3.05) is 4.90 Å². The second-order valence-corrected chi connectivity index (χ2v) is 9.99. The zero-order valence-electron chi connectivity index (χ0n) is 19.4. The zero-order chi connectivity index (χ0) is 23.2. The molecule has 33 heavy (non-hydrogen) atoms. The van der Waals surface area contributed by atoms with Crippen LogP contribution in [-0.4, -0.2) is 17.9 Å². The highest BCUT2D eigenvalue weighted by Gasteiger charge is 2.35. The number of anilines is 1. The Morgan fingerprint density at radius 2 is 1.79 bits per heavy atom. The van der Waals surface area contributed by atoms with Crippen molar-refractivity contribution in [1.82, 2.24) is 5.32 Å². The molecule has 1 unspecified atom stereocenters. The van der Waals surface area contributed by atoms with Crippen molar-refractivity contribution in [3.63, 3.8) is 0 Å². The number of hydrogen-bond acceptors (Lipinski definition) is 3. The number of carbonyl (C=O) groups excluding carboxylic acids is 2. The van der Waals surface area contributed by atoms with E-state index in [9.17, 15) is 9.59 Å². The van der Waals surface area contributed by atoms with Gasteiger partial charge in [0.25, 0.3) is 0 Å². The van der Waals surface area contributed by atoms with Crippen molar-refractivity contribution >= 4 is 28.8 Å². The normalized spacial score (nSPS) is 15.1. The van der Waals surface area contributed by atoms with Crippen LogP contribution in [0, 0.1) is 13.8 Å². The molecule has 172 valence electrons. The Balaban J connectivity index is 1.76. The van der Waals surface area contributed by atoms with Crippen molar-refractivity contribution in [1.29, 1.82) is 0 Å². The third-order valence-electron chi connectivity index (χ3n) is 6.40. The molecule has 3 aromatic rings. The number of amides is 2. The van der Waals surface area contributed by atoms with Crippen LogP contribution in [0.2, 0.25) is 0 Å². The molecule has 4 nitrogen and oxygen atoms in total. The van der Waals surface area contributed by atoms with Crippen LogP contribution >= 0.6 is 11.3 Å². The molecular formula is C28H32N2O2S. The maximum atomic E-state index is 13.9. The van der Waals surface area contributed by atoms with Crippen LogP contribution in [0.3, 0.4) is 0 Å². The quantitative estimate of drug-likeness (QED) is 0.461. The predicted octanol–water partition coefficient (Wildman–Crippen LogP) is 6.13. The Morgan fingerprint density at radius 1 is 1.00 bits per heavy atom. The molecule has 0 spiro atoms. The van der Waals surface area contributed by atoms with Gasteiger partial charge in [-0.3, -0.25) is 14.5 Å². The van der Waals surface area contributed by atoms with E-state index in [1.807, 2.05) is 79.9 Å². The smallest absolute Gasteiger partial charge is 0.248 e. The summed E-state index contributed by atoms with van der Waals surface area (Å²) in [4.78, 5) is 30.4. The summed E-state index contributed by atoms with van der Waals surface area (Å²) in [6.45, 7) is 4.02. The number of nitrogens with zero attached hydrogens (tertiary/aromatic N) is 1. The van der Waals surface area contributed by atoms with Gasteiger partial charge in [0.2, 0.25) is 11.8 Å². The summed E-state index contributed by atoms with van der Waals surface area (Å²) in [5.74, 6) is -0.174. The van der Waals surface area contributed by atoms with E-state index in [1.54, 1.807) is 16.2 Å². The molecule has 1 aromatic heterocycles. The lowest BCUT2D eigenvalue weighted by atomic mass is 9.93. The van der Waals surface area contributed by atoms with Gasteiger partial charge in [-0.05, 0) is 67.0 Å². The summed E-state index contributed by atoms with van der Waals surface area (Å²) in [7, 11) is 0. The number of hydrogen-bond donors (Lipinski definition) is 1. The lowest BCUT2D eigenvalue weighted by Crippen LogP contribution is -2.48. The molecule has 0 aliphatic heterocycles. The number of nitrogens with one attached hydrogen (secondary N) is 1. The Morgan fingerprint density at radius 3 is 2.48 bits per heavy atom. The maximum absolute atomic E-state index is 13.9. The van der Waals surface area contributed by atoms with Gasteiger partial charge in [-0.2, -0.15) is 0 Å². The molecule has 5 heteroatoms. The molecule has 4 rings (SSSR count). The molecule has 1 aliphatic carbocycles. The molecule has 1 saturated carbocycles. The fraction of sp³-hybridized carbons (Fsp3) is 0.357. The van der Waals surface area contributed by atoms with Crippen molar-refractivity contribution < 1.29 is 9.59 Å². The lowest BCUT2D eigenvalue weighted by molar-refractivity contribution is -0.127. The molecule has 1 fully saturated rings. The van der Waals surface area contributed by atoms with E-state index in [2.05, 4.69) is 5.32 Å². The summed E-state index contributed by atoms with van der Waals surface area (Å²) < 4.78 is 0. The zero-order valence-corrected chi connectivity index (χ0v) is 20.2. The summed E-state index contributed by atoms with van der Waals surface area (Å²) in [6.07, 6.45) is 5.77. The number of rotatable bonds is 7. The summed E-state index contributed by atoms with van der Waals surface area (Å²) in [6, 6.07) is 19.2. The predicted molar refractivity (Wildman–Crippen MR) is 136 cm³/mol. The Kier molecular flexibility index (Phi) is 7.61. The molecule has 2 amide bonds. The summed E-state index contributed by atoms with van der Waals surface area (Å²) in [5, 5.41) is 5.27. The first-order valence-electron chi connectivity index (χ1n) is 11.8. The molecule has 0 saturated heterocycles. The van der Waals surface area contributed by atoms with Gasteiger partial charge in [0, 0.05) is 16.6 Å². The minimum absolute atomic E-state index is 0.0740. The number of benzene rings is 2. The average Bonchev–Trinajstić information content (AvgIpc) is 3.31. The van der Waals surface area contributed by atoms with E-state index in [-0.39, 0.29) is 24.3 Å². The van der Waals surface area contributed by atoms with Crippen molar-refractivity contribution in [3.05, 3.63) is 87.6 Å². The highest BCUT2D eigenvalue weighted by Crippen LogP contribution is 2.32. The van der Waals surface area contributed by atoms with Crippen molar-refractivity contribution in [2.45, 2.75) is 64.5 Å². The Hall–Kier alpha value is -2.92. The van der Waals surface area contributed by atoms with Crippen LogP contribution in [0.25, 0.3) is 0 Å². The maximum Gasteiger partial charge on any atom is 0.248 e. The van der Waals surface area contributed by atoms with E-state index in [4.69, 9.17) is 0 Å². The molecular weight excluding hydrogens is 428 g/mol. The van der Waals surface area contributed by atoms with E-state index in [0.717, 1.165) is 52.9 Å². The van der Waals surface area contributed by atoms with Crippen LogP contribution in [0.1, 0.15) is 59.7 Å². The SMILES string of the molecule is Cc1cccc(N(C(=O)Cc2cccs2)C(C(=O)NC2CCCCC2)c2ccccc2C)c1. The third kappa shape index (κ3) is 5.72. The van der Waals surface area contributed by atoms with Crippen LogP contribution in [0.4, 0.5) is 5.69 Å². The summed E-state index contributed by atoms with van der Waals surface area (Å²) in [5.41, 5.74) is 3.68. The number of aryl methyl sites for hydroxylation is 2. The topological polar surface area (TPSA) is 49.4 Å². The van der Waals surface area contributed by atoms with Gasteiger partial charge in [-0.15, -0.1) is 11.3 Å². The summed E-state index contributed by atoms with van der Waals surface area (Å²) >= 11 is 1.57. The first kappa shape index (κ1) is 23.2. The number of carbonyl (C=O) groups is 2. The first-order chi connectivity index (χ1) is 16.0.